The van der Waals surface area contributed by atoms with Crippen LogP contribution in [0.4, 0.5) is 4.39 Å². The Bertz CT molecular complexity index is 419. The molecule has 1 heterocycles. The maximum absolute atomic E-state index is 13.1. The van der Waals surface area contributed by atoms with Crippen molar-refractivity contribution in [1.82, 2.24) is 4.90 Å². The van der Waals surface area contributed by atoms with Gasteiger partial charge in [-0.3, -0.25) is 4.90 Å². The molecule has 1 saturated carbocycles. The van der Waals surface area contributed by atoms with Crippen LogP contribution in [0.25, 0.3) is 0 Å². The van der Waals surface area contributed by atoms with E-state index in [0.717, 1.165) is 24.1 Å². The molecule has 1 aliphatic carbocycles. The van der Waals surface area contributed by atoms with Gasteiger partial charge in [0.15, 0.2) is 0 Å². The van der Waals surface area contributed by atoms with Crippen LogP contribution in [0.2, 0.25) is 0 Å². The number of nitrogens with two attached hydrogens (primary N) is 1. The third-order valence-electron chi connectivity index (χ3n) is 4.28. The van der Waals surface area contributed by atoms with Gasteiger partial charge in [-0.1, -0.05) is 6.07 Å². The van der Waals surface area contributed by atoms with Crippen LogP contribution < -0.4 is 5.73 Å². The summed E-state index contributed by atoms with van der Waals surface area (Å²) in [6.45, 7) is 2.58. The Kier molecular flexibility index (Phi) is 2.89. The molecule has 0 spiro atoms. The monoisotopic (exact) mass is 234 g/mol. The minimum atomic E-state index is -0.183. The average molecular weight is 234 g/mol. The number of likely N-dealkylation sites (tertiary alicyclic amines) is 1. The first-order valence-corrected chi connectivity index (χ1v) is 6.47. The van der Waals surface area contributed by atoms with Gasteiger partial charge in [0.25, 0.3) is 0 Å². The normalized spacial score (nSPS) is 27.9. The third-order valence-corrected chi connectivity index (χ3v) is 4.28. The van der Waals surface area contributed by atoms with Crippen molar-refractivity contribution < 1.29 is 4.39 Å². The zero-order valence-corrected chi connectivity index (χ0v) is 10.0. The number of hydrogen-bond donors (Lipinski definition) is 1. The number of benzene rings is 1. The zero-order valence-electron chi connectivity index (χ0n) is 10.0. The Morgan fingerprint density at radius 3 is 2.82 bits per heavy atom. The van der Waals surface area contributed by atoms with Gasteiger partial charge in [-0.15, -0.1) is 0 Å². The molecule has 1 saturated heterocycles. The Morgan fingerprint density at radius 2 is 2.18 bits per heavy atom. The highest BCUT2D eigenvalue weighted by molar-refractivity contribution is 5.28. The predicted molar refractivity (Wildman–Crippen MR) is 65.8 cm³/mol. The van der Waals surface area contributed by atoms with Gasteiger partial charge in [-0.05, 0) is 48.4 Å². The van der Waals surface area contributed by atoms with Crippen LogP contribution in [-0.4, -0.2) is 17.5 Å². The van der Waals surface area contributed by atoms with Crippen LogP contribution in [-0.2, 0) is 13.1 Å². The minimum Gasteiger partial charge on any atom is -0.326 e. The standard InChI is InChI=1S/C14H19FN2/c15-13-3-2-11(12(6-13)7-16)9-17-8-10-1-4-14(17)5-10/h2-3,6,10,14H,1,4-5,7-9,16H2. The van der Waals surface area contributed by atoms with Crippen molar-refractivity contribution >= 4 is 0 Å². The van der Waals surface area contributed by atoms with Gasteiger partial charge in [-0.2, -0.15) is 0 Å². The lowest BCUT2D eigenvalue weighted by Gasteiger charge is -2.27. The number of rotatable bonds is 3. The van der Waals surface area contributed by atoms with Gasteiger partial charge in [0.05, 0.1) is 0 Å². The molecule has 2 fully saturated rings. The van der Waals surface area contributed by atoms with Crippen molar-refractivity contribution in [2.24, 2.45) is 11.7 Å². The molecule has 92 valence electrons. The average Bonchev–Trinajstić information content (AvgIpc) is 2.93. The second-order valence-corrected chi connectivity index (χ2v) is 5.38. The van der Waals surface area contributed by atoms with Crippen molar-refractivity contribution in [2.45, 2.75) is 38.4 Å². The van der Waals surface area contributed by atoms with Gasteiger partial charge in [0, 0.05) is 25.7 Å². The van der Waals surface area contributed by atoms with Crippen molar-refractivity contribution in [3.63, 3.8) is 0 Å². The summed E-state index contributed by atoms with van der Waals surface area (Å²) in [5, 5.41) is 0. The first-order chi connectivity index (χ1) is 8.26. The summed E-state index contributed by atoms with van der Waals surface area (Å²) in [5.41, 5.74) is 7.83. The van der Waals surface area contributed by atoms with Crippen LogP contribution in [0.3, 0.4) is 0 Å². The summed E-state index contributed by atoms with van der Waals surface area (Å²) in [4.78, 5) is 2.54. The number of halogens is 1. The van der Waals surface area contributed by atoms with Crippen LogP contribution in [0.5, 0.6) is 0 Å². The van der Waals surface area contributed by atoms with Crippen LogP contribution >= 0.6 is 0 Å². The number of nitrogens with zero attached hydrogens (tertiary/aromatic N) is 1. The van der Waals surface area contributed by atoms with Gasteiger partial charge in [0.2, 0.25) is 0 Å². The predicted octanol–water partition coefficient (Wildman–Crippen LogP) is 2.27. The maximum Gasteiger partial charge on any atom is 0.123 e. The van der Waals surface area contributed by atoms with Crippen molar-refractivity contribution in [2.75, 3.05) is 6.54 Å². The van der Waals surface area contributed by atoms with Crippen LogP contribution in [0.1, 0.15) is 30.4 Å². The lowest BCUT2D eigenvalue weighted by Crippen LogP contribution is -2.31. The first-order valence-electron chi connectivity index (χ1n) is 6.47. The molecule has 2 N–H and O–H groups in total. The Hall–Kier alpha value is -0.930. The summed E-state index contributed by atoms with van der Waals surface area (Å²) in [5.74, 6) is 0.721. The van der Waals surface area contributed by atoms with E-state index in [1.165, 1.54) is 31.4 Å². The maximum atomic E-state index is 13.1. The Labute approximate surface area is 102 Å². The van der Waals surface area contributed by atoms with E-state index in [9.17, 15) is 4.39 Å². The van der Waals surface area contributed by atoms with Crippen molar-refractivity contribution in [1.29, 1.82) is 0 Å². The van der Waals surface area contributed by atoms with Crippen LogP contribution in [0.15, 0.2) is 18.2 Å². The van der Waals surface area contributed by atoms with E-state index in [2.05, 4.69) is 4.90 Å². The van der Waals surface area contributed by atoms with Crippen molar-refractivity contribution in [3.05, 3.63) is 35.1 Å². The lowest BCUT2D eigenvalue weighted by molar-refractivity contribution is 0.205. The number of piperidine rings is 1. The van der Waals surface area contributed by atoms with Gasteiger partial charge >= 0.3 is 0 Å². The number of hydrogen-bond acceptors (Lipinski definition) is 2. The molecule has 1 aromatic rings. The summed E-state index contributed by atoms with van der Waals surface area (Å²) in [6.07, 6.45) is 4.09. The summed E-state index contributed by atoms with van der Waals surface area (Å²) in [7, 11) is 0. The van der Waals surface area contributed by atoms with E-state index in [1.807, 2.05) is 6.07 Å². The molecule has 2 aliphatic rings. The van der Waals surface area contributed by atoms with E-state index >= 15 is 0 Å². The second kappa shape index (κ2) is 4.39. The van der Waals surface area contributed by atoms with E-state index in [0.29, 0.717) is 6.54 Å². The van der Waals surface area contributed by atoms with E-state index < -0.39 is 0 Å². The molecule has 1 aromatic carbocycles. The largest absolute Gasteiger partial charge is 0.326 e. The Balaban J connectivity index is 1.76. The van der Waals surface area contributed by atoms with Gasteiger partial charge in [0.1, 0.15) is 5.82 Å². The smallest absolute Gasteiger partial charge is 0.123 e. The van der Waals surface area contributed by atoms with Crippen LogP contribution in [0, 0.1) is 11.7 Å². The molecular weight excluding hydrogens is 215 g/mol. The molecule has 0 amide bonds. The number of fused-ring (bicyclic) bond motifs is 2. The summed E-state index contributed by atoms with van der Waals surface area (Å²) < 4.78 is 13.1. The quantitative estimate of drug-likeness (QED) is 0.869. The summed E-state index contributed by atoms with van der Waals surface area (Å²) in [6, 6.07) is 5.77. The van der Waals surface area contributed by atoms with Gasteiger partial charge < -0.3 is 5.73 Å². The molecule has 0 aromatic heterocycles. The molecular formula is C14H19FN2. The molecule has 2 nitrogen and oxygen atoms in total. The molecule has 2 atom stereocenters. The highest BCUT2D eigenvalue weighted by Gasteiger charge is 2.37. The fourth-order valence-electron chi connectivity index (χ4n) is 3.38. The molecule has 17 heavy (non-hydrogen) atoms. The van der Waals surface area contributed by atoms with E-state index in [1.54, 1.807) is 12.1 Å². The zero-order chi connectivity index (χ0) is 11.8. The molecule has 0 radical (unpaired) electrons. The van der Waals surface area contributed by atoms with E-state index in [-0.39, 0.29) is 5.82 Å². The fourth-order valence-corrected chi connectivity index (χ4v) is 3.38. The highest BCUT2D eigenvalue weighted by Crippen LogP contribution is 2.38. The first kappa shape index (κ1) is 11.2. The molecule has 2 bridgehead atoms. The van der Waals surface area contributed by atoms with Crippen molar-refractivity contribution in [3.8, 4) is 0 Å². The molecule has 1 aliphatic heterocycles. The molecule has 3 heteroatoms. The lowest BCUT2D eigenvalue weighted by atomic mass is 10.0. The minimum absolute atomic E-state index is 0.183. The van der Waals surface area contributed by atoms with Gasteiger partial charge in [-0.25, -0.2) is 4.39 Å². The van der Waals surface area contributed by atoms with E-state index in [4.69, 9.17) is 5.73 Å². The molecule has 2 unspecified atom stereocenters. The second-order valence-electron chi connectivity index (χ2n) is 5.38. The SMILES string of the molecule is NCc1cc(F)ccc1CN1CC2CCC1C2. The topological polar surface area (TPSA) is 29.3 Å². The highest BCUT2D eigenvalue weighted by atomic mass is 19.1. The summed E-state index contributed by atoms with van der Waals surface area (Å²) >= 11 is 0. The fraction of sp³-hybridized carbons (Fsp3) is 0.571. The molecule has 3 rings (SSSR count). The Morgan fingerprint density at radius 1 is 1.29 bits per heavy atom. The third kappa shape index (κ3) is 2.09.